The molecule has 0 atom stereocenters. The van der Waals surface area contributed by atoms with E-state index in [9.17, 15) is 4.79 Å². The van der Waals surface area contributed by atoms with Gasteiger partial charge in [0, 0.05) is 23.1 Å². The number of methoxy groups -OCH3 is 1. The number of aromatic nitrogens is 2. The molecule has 0 saturated carbocycles. The molecule has 0 fully saturated rings. The molecule has 4 aromatic rings. The number of nitrogen functional groups attached to an aromatic ring is 1. The second kappa shape index (κ2) is 11.5. The van der Waals surface area contributed by atoms with Gasteiger partial charge in [-0.2, -0.15) is 0 Å². The van der Waals surface area contributed by atoms with Crippen molar-refractivity contribution in [3.63, 3.8) is 0 Å². The van der Waals surface area contributed by atoms with Crippen molar-refractivity contribution >= 4 is 63.7 Å². The van der Waals surface area contributed by atoms with Crippen molar-refractivity contribution in [2.24, 2.45) is 0 Å². The van der Waals surface area contributed by atoms with E-state index in [1.807, 2.05) is 23.8 Å². The Hall–Kier alpha value is -2.90. The third-order valence-electron chi connectivity index (χ3n) is 4.55. The monoisotopic (exact) mass is 536 g/mol. The average molecular weight is 538 g/mol. The van der Waals surface area contributed by atoms with E-state index >= 15 is 0 Å². The predicted molar refractivity (Wildman–Crippen MR) is 140 cm³/mol. The van der Waals surface area contributed by atoms with Crippen LogP contribution in [0.5, 0.6) is 5.75 Å². The molecule has 3 N–H and O–H groups in total. The van der Waals surface area contributed by atoms with Gasteiger partial charge in [-0.1, -0.05) is 46.4 Å². The zero-order valence-corrected chi connectivity index (χ0v) is 21.2. The van der Waals surface area contributed by atoms with Crippen LogP contribution in [0.15, 0.2) is 67.1 Å². The Morgan fingerprint density at radius 2 is 1.62 bits per heavy atom. The van der Waals surface area contributed by atoms with Gasteiger partial charge in [-0.15, -0.1) is 0 Å². The molecule has 1 aromatic heterocycles. The lowest BCUT2D eigenvalue weighted by Gasteiger charge is -2.12. The van der Waals surface area contributed by atoms with E-state index in [4.69, 9.17) is 56.9 Å². The smallest absolute Gasteiger partial charge is 0.255 e. The number of hydrogen-bond acceptors (Lipinski definition) is 4. The van der Waals surface area contributed by atoms with Gasteiger partial charge in [0.05, 0.1) is 44.9 Å². The molecule has 0 aliphatic heterocycles. The number of rotatable bonds is 4. The number of halogens is 4. The molecule has 3 aromatic carbocycles. The number of nitrogens with zero attached hydrogens (tertiary/aromatic N) is 2. The SMILES string of the molecule is COc1cc(C(=O)Nc2ccc(Cl)c(Cl)c2)ccc1-n1cnc(C)c1.Nc1ccc(Cl)c(Cl)c1. The van der Waals surface area contributed by atoms with Gasteiger partial charge in [0.15, 0.2) is 0 Å². The van der Waals surface area contributed by atoms with Crippen molar-refractivity contribution in [3.05, 3.63) is 98.5 Å². The van der Waals surface area contributed by atoms with Crippen LogP contribution in [0.4, 0.5) is 11.4 Å². The average Bonchev–Trinajstić information content (AvgIpc) is 3.25. The van der Waals surface area contributed by atoms with Crippen LogP contribution in [0.3, 0.4) is 0 Å². The van der Waals surface area contributed by atoms with Gasteiger partial charge >= 0.3 is 0 Å². The zero-order valence-electron chi connectivity index (χ0n) is 18.2. The lowest BCUT2D eigenvalue weighted by Crippen LogP contribution is -2.12. The van der Waals surface area contributed by atoms with Crippen molar-refractivity contribution < 1.29 is 9.53 Å². The summed E-state index contributed by atoms with van der Waals surface area (Å²) in [7, 11) is 1.56. The van der Waals surface area contributed by atoms with E-state index in [1.54, 1.807) is 62.0 Å². The number of carbonyl (C=O) groups is 1. The summed E-state index contributed by atoms with van der Waals surface area (Å²) in [6.07, 6.45) is 3.58. The molecule has 0 unspecified atom stereocenters. The molecular weight excluding hydrogens is 518 g/mol. The first-order chi connectivity index (χ1) is 16.2. The van der Waals surface area contributed by atoms with Gasteiger partial charge in [0.25, 0.3) is 5.91 Å². The molecule has 1 heterocycles. The Morgan fingerprint density at radius 3 is 2.18 bits per heavy atom. The van der Waals surface area contributed by atoms with Crippen LogP contribution >= 0.6 is 46.4 Å². The molecule has 6 nitrogen and oxygen atoms in total. The summed E-state index contributed by atoms with van der Waals surface area (Å²) in [6.45, 7) is 1.90. The standard InChI is InChI=1S/C18H15Cl2N3O2.C6H5Cl2N/c1-11-9-23(10-21-11)16-6-3-12(7-17(16)25-2)18(24)22-13-4-5-14(19)15(20)8-13;7-5-2-1-4(9)3-6(5)8/h3-10H,1-2H3,(H,22,24);1-3H,9H2. The van der Waals surface area contributed by atoms with Gasteiger partial charge in [-0.25, -0.2) is 4.98 Å². The summed E-state index contributed by atoms with van der Waals surface area (Å²) < 4.78 is 7.26. The number of anilines is 2. The largest absolute Gasteiger partial charge is 0.495 e. The molecule has 0 spiro atoms. The third kappa shape index (κ3) is 6.58. The van der Waals surface area contributed by atoms with E-state index in [0.717, 1.165) is 11.4 Å². The van der Waals surface area contributed by atoms with Crippen LogP contribution < -0.4 is 15.8 Å². The maximum Gasteiger partial charge on any atom is 0.255 e. The van der Waals surface area contributed by atoms with Crippen molar-refractivity contribution in [2.75, 3.05) is 18.2 Å². The number of imidazole rings is 1. The summed E-state index contributed by atoms with van der Waals surface area (Å²) in [5.41, 5.74) is 8.73. The fourth-order valence-corrected chi connectivity index (χ4v) is 3.48. The van der Waals surface area contributed by atoms with Gasteiger partial charge in [-0.3, -0.25) is 4.79 Å². The van der Waals surface area contributed by atoms with Gasteiger partial charge < -0.3 is 20.4 Å². The molecule has 10 heteroatoms. The quantitative estimate of drug-likeness (QED) is 0.267. The summed E-state index contributed by atoms with van der Waals surface area (Å²) in [5, 5.41) is 4.62. The molecule has 4 rings (SSSR count). The van der Waals surface area contributed by atoms with Crippen molar-refractivity contribution in [1.29, 1.82) is 0 Å². The van der Waals surface area contributed by atoms with Gasteiger partial charge in [0.1, 0.15) is 5.75 Å². The first-order valence-electron chi connectivity index (χ1n) is 9.84. The number of amides is 1. The minimum atomic E-state index is -0.273. The Labute approximate surface area is 217 Å². The minimum absolute atomic E-state index is 0.273. The van der Waals surface area contributed by atoms with Gasteiger partial charge in [-0.05, 0) is 61.5 Å². The minimum Gasteiger partial charge on any atom is -0.495 e. The first kappa shape index (κ1) is 25.7. The highest BCUT2D eigenvalue weighted by Gasteiger charge is 2.12. The van der Waals surface area contributed by atoms with E-state index in [-0.39, 0.29) is 5.91 Å². The molecule has 0 saturated heterocycles. The third-order valence-corrected chi connectivity index (χ3v) is 6.03. The lowest BCUT2D eigenvalue weighted by molar-refractivity contribution is 0.102. The highest BCUT2D eigenvalue weighted by molar-refractivity contribution is 6.42. The summed E-state index contributed by atoms with van der Waals surface area (Å²) >= 11 is 23.0. The topological polar surface area (TPSA) is 82.2 Å². The molecular formula is C24H20Cl4N4O2. The van der Waals surface area contributed by atoms with Crippen LogP contribution in [0.25, 0.3) is 5.69 Å². The van der Waals surface area contributed by atoms with E-state index < -0.39 is 0 Å². The van der Waals surface area contributed by atoms with Crippen LogP contribution in [0.1, 0.15) is 16.1 Å². The number of benzene rings is 3. The predicted octanol–water partition coefficient (Wildman–Crippen LogP) is 7.32. The lowest BCUT2D eigenvalue weighted by atomic mass is 10.1. The molecule has 176 valence electrons. The molecule has 34 heavy (non-hydrogen) atoms. The van der Waals surface area contributed by atoms with Crippen molar-refractivity contribution in [3.8, 4) is 11.4 Å². The van der Waals surface area contributed by atoms with Gasteiger partial charge in [0.2, 0.25) is 0 Å². The summed E-state index contributed by atoms with van der Waals surface area (Å²) in [4.78, 5) is 16.7. The molecule has 0 aliphatic rings. The maximum absolute atomic E-state index is 12.5. The van der Waals surface area contributed by atoms with Crippen LogP contribution in [-0.2, 0) is 0 Å². The zero-order chi connectivity index (χ0) is 24.8. The summed E-state index contributed by atoms with van der Waals surface area (Å²) in [6, 6.07) is 15.1. The second-order valence-electron chi connectivity index (χ2n) is 7.07. The van der Waals surface area contributed by atoms with Crippen molar-refractivity contribution in [2.45, 2.75) is 6.92 Å². The highest BCUT2D eigenvalue weighted by atomic mass is 35.5. The number of hydrogen-bond donors (Lipinski definition) is 2. The normalized spacial score (nSPS) is 10.3. The van der Waals surface area contributed by atoms with E-state index in [1.165, 1.54) is 0 Å². The number of aryl methyl sites for hydroxylation is 1. The summed E-state index contributed by atoms with van der Waals surface area (Å²) in [5.74, 6) is 0.296. The number of nitrogens with one attached hydrogen (secondary N) is 1. The second-order valence-corrected chi connectivity index (χ2v) is 8.69. The Morgan fingerprint density at radius 1 is 0.941 bits per heavy atom. The Bertz CT molecular complexity index is 1320. The van der Waals surface area contributed by atoms with Crippen molar-refractivity contribution in [1.82, 2.24) is 9.55 Å². The molecule has 1 amide bonds. The molecule has 0 aliphatic carbocycles. The van der Waals surface area contributed by atoms with E-state index in [0.29, 0.717) is 42.8 Å². The number of nitrogens with two attached hydrogens (primary N) is 1. The molecule has 0 radical (unpaired) electrons. The fourth-order valence-electron chi connectivity index (χ4n) is 2.87. The molecule has 0 bridgehead atoms. The van der Waals surface area contributed by atoms with E-state index in [2.05, 4.69) is 10.3 Å². The number of ether oxygens (including phenoxy) is 1. The fraction of sp³-hybridized carbons (Fsp3) is 0.0833. The maximum atomic E-state index is 12.5. The van der Waals surface area contributed by atoms with Crippen LogP contribution in [0.2, 0.25) is 20.1 Å². The first-order valence-corrected chi connectivity index (χ1v) is 11.3. The van der Waals surface area contributed by atoms with Crippen LogP contribution in [0, 0.1) is 6.92 Å². The Kier molecular flexibility index (Phi) is 8.69. The highest BCUT2D eigenvalue weighted by Crippen LogP contribution is 2.27. The number of carbonyl (C=O) groups excluding carboxylic acids is 1. The Balaban J connectivity index is 0.000000302. The van der Waals surface area contributed by atoms with Crippen LogP contribution in [-0.4, -0.2) is 22.6 Å².